The van der Waals surface area contributed by atoms with Crippen LogP contribution in [-0.4, -0.2) is 85.9 Å². The molecular formula is C11H19NO9. The fourth-order valence-corrected chi connectivity index (χ4v) is 1.98. The Balaban J connectivity index is 2.72. The fraction of sp³-hybridized carbons (Fsp3) is 0.818. The first-order valence-electron chi connectivity index (χ1n) is 6.29. The standard InChI is InChI=1S/C11H19NO9/c13-3-5-7(16)8(17)9(18)10(21-5)12-4(11(19)20)1-2-6(14)15/h4-5,7-10,12-13,16-18H,1-3H2,(H,14,15)(H,19,20)/t4-,5+,7+,8-,9+,10+/m0/s1. The van der Waals surface area contributed by atoms with Gasteiger partial charge in [0.05, 0.1) is 6.61 Å². The molecule has 21 heavy (non-hydrogen) atoms. The highest BCUT2D eigenvalue weighted by molar-refractivity contribution is 5.75. The van der Waals surface area contributed by atoms with Crippen LogP contribution in [0.2, 0.25) is 0 Å². The molecule has 0 aromatic heterocycles. The lowest BCUT2D eigenvalue weighted by molar-refractivity contribution is -0.238. The number of aliphatic hydroxyl groups is 4. The molecule has 0 aliphatic carbocycles. The number of carboxylic acids is 2. The first-order valence-corrected chi connectivity index (χ1v) is 6.29. The molecule has 7 N–H and O–H groups in total. The average molecular weight is 309 g/mol. The smallest absolute Gasteiger partial charge is 0.320 e. The minimum absolute atomic E-state index is 0.264. The lowest BCUT2D eigenvalue weighted by atomic mass is 9.97. The summed E-state index contributed by atoms with van der Waals surface area (Å²) in [6, 6.07) is -1.33. The van der Waals surface area contributed by atoms with E-state index in [-0.39, 0.29) is 6.42 Å². The van der Waals surface area contributed by atoms with Gasteiger partial charge in [-0.3, -0.25) is 14.9 Å². The maximum absolute atomic E-state index is 11.0. The number of carbonyl (C=O) groups is 2. The Kier molecular flexibility index (Phi) is 6.45. The third-order valence-corrected chi connectivity index (χ3v) is 3.20. The molecule has 10 nitrogen and oxygen atoms in total. The molecule has 10 heteroatoms. The van der Waals surface area contributed by atoms with Crippen molar-refractivity contribution in [2.24, 2.45) is 0 Å². The molecule has 0 radical (unpaired) electrons. The van der Waals surface area contributed by atoms with Crippen LogP contribution in [0.4, 0.5) is 0 Å². The highest BCUT2D eigenvalue weighted by atomic mass is 16.6. The zero-order valence-electron chi connectivity index (χ0n) is 11.0. The van der Waals surface area contributed by atoms with Gasteiger partial charge in [-0.25, -0.2) is 0 Å². The molecule has 0 spiro atoms. The van der Waals surface area contributed by atoms with Crippen LogP contribution in [0.15, 0.2) is 0 Å². The number of ether oxygens (including phenoxy) is 1. The highest BCUT2D eigenvalue weighted by Gasteiger charge is 2.44. The van der Waals surface area contributed by atoms with E-state index in [1.807, 2.05) is 0 Å². The van der Waals surface area contributed by atoms with Crippen LogP contribution in [0.3, 0.4) is 0 Å². The minimum Gasteiger partial charge on any atom is -0.481 e. The second kappa shape index (κ2) is 7.64. The Morgan fingerprint density at radius 1 is 1.10 bits per heavy atom. The highest BCUT2D eigenvalue weighted by Crippen LogP contribution is 2.20. The summed E-state index contributed by atoms with van der Waals surface area (Å²) in [7, 11) is 0. The molecule has 1 fully saturated rings. The van der Waals surface area contributed by atoms with Gasteiger partial charge in [-0.2, -0.15) is 0 Å². The van der Waals surface area contributed by atoms with E-state index in [0.717, 1.165) is 0 Å². The van der Waals surface area contributed by atoms with Gasteiger partial charge in [0.2, 0.25) is 0 Å². The Morgan fingerprint density at radius 3 is 2.19 bits per heavy atom. The fourth-order valence-electron chi connectivity index (χ4n) is 1.98. The van der Waals surface area contributed by atoms with E-state index in [4.69, 9.17) is 20.1 Å². The number of aliphatic carboxylic acids is 2. The molecule has 6 atom stereocenters. The zero-order valence-corrected chi connectivity index (χ0v) is 11.0. The van der Waals surface area contributed by atoms with Gasteiger partial charge in [-0.1, -0.05) is 0 Å². The summed E-state index contributed by atoms with van der Waals surface area (Å²) in [5, 5.41) is 57.8. The maximum Gasteiger partial charge on any atom is 0.320 e. The van der Waals surface area contributed by atoms with E-state index in [9.17, 15) is 24.9 Å². The molecular weight excluding hydrogens is 290 g/mol. The molecule has 1 aliphatic heterocycles. The maximum atomic E-state index is 11.0. The number of nitrogens with one attached hydrogen (secondary N) is 1. The monoisotopic (exact) mass is 309 g/mol. The normalized spacial score (nSPS) is 34.4. The van der Waals surface area contributed by atoms with E-state index in [0.29, 0.717) is 0 Å². The summed E-state index contributed by atoms with van der Waals surface area (Å²) in [5.41, 5.74) is 0. The molecule has 0 amide bonds. The van der Waals surface area contributed by atoms with Crippen molar-refractivity contribution in [1.29, 1.82) is 0 Å². The van der Waals surface area contributed by atoms with Crippen molar-refractivity contribution in [3.8, 4) is 0 Å². The summed E-state index contributed by atoms with van der Waals surface area (Å²) in [5.74, 6) is -2.54. The molecule has 0 aromatic carbocycles. The number of carboxylic acid groups (broad SMARTS) is 2. The zero-order chi connectivity index (χ0) is 16.2. The summed E-state index contributed by atoms with van der Waals surface area (Å²) in [6.45, 7) is -0.643. The van der Waals surface area contributed by atoms with Gasteiger partial charge in [0.15, 0.2) is 0 Å². The van der Waals surface area contributed by atoms with Crippen molar-refractivity contribution in [3.63, 3.8) is 0 Å². The summed E-state index contributed by atoms with van der Waals surface area (Å²) >= 11 is 0. The van der Waals surface area contributed by atoms with E-state index >= 15 is 0 Å². The number of hydrogen-bond acceptors (Lipinski definition) is 8. The predicted octanol–water partition coefficient (Wildman–Crippen LogP) is -3.31. The Bertz CT molecular complexity index is 375. The van der Waals surface area contributed by atoms with Gasteiger partial charge in [-0.05, 0) is 6.42 Å². The van der Waals surface area contributed by atoms with Crippen LogP contribution in [0, 0.1) is 0 Å². The van der Waals surface area contributed by atoms with Crippen LogP contribution < -0.4 is 5.32 Å². The van der Waals surface area contributed by atoms with E-state index in [2.05, 4.69) is 5.32 Å². The summed E-state index contributed by atoms with van der Waals surface area (Å²) < 4.78 is 5.09. The Morgan fingerprint density at radius 2 is 1.71 bits per heavy atom. The molecule has 1 saturated heterocycles. The predicted molar refractivity (Wildman–Crippen MR) is 65.2 cm³/mol. The lowest BCUT2D eigenvalue weighted by Gasteiger charge is -2.41. The van der Waals surface area contributed by atoms with Gasteiger partial charge in [-0.15, -0.1) is 0 Å². The lowest BCUT2D eigenvalue weighted by Crippen LogP contribution is -2.64. The van der Waals surface area contributed by atoms with Crippen molar-refractivity contribution in [1.82, 2.24) is 5.32 Å². The van der Waals surface area contributed by atoms with E-state index < -0.39 is 61.7 Å². The van der Waals surface area contributed by atoms with Crippen molar-refractivity contribution in [2.45, 2.75) is 49.5 Å². The van der Waals surface area contributed by atoms with Gasteiger partial charge in [0, 0.05) is 6.42 Å². The van der Waals surface area contributed by atoms with E-state index in [1.165, 1.54) is 0 Å². The van der Waals surface area contributed by atoms with Gasteiger partial charge < -0.3 is 35.4 Å². The van der Waals surface area contributed by atoms with Crippen LogP contribution in [0.5, 0.6) is 0 Å². The molecule has 0 bridgehead atoms. The SMILES string of the molecule is O=C(O)CC[C@H](N[C@@H]1O[C@H](CO)[C@@H](O)[C@H](O)[C@H]1O)C(=O)O. The van der Waals surface area contributed by atoms with Crippen molar-refractivity contribution in [2.75, 3.05) is 6.61 Å². The molecule has 1 rings (SSSR count). The van der Waals surface area contributed by atoms with Gasteiger partial charge in [0.25, 0.3) is 0 Å². The van der Waals surface area contributed by atoms with Gasteiger partial charge >= 0.3 is 11.9 Å². The van der Waals surface area contributed by atoms with Crippen molar-refractivity contribution in [3.05, 3.63) is 0 Å². The Labute approximate surface area is 119 Å². The third kappa shape index (κ3) is 4.59. The first-order chi connectivity index (χ1) is 9.77. The molecule has 122 valence electrons. The second-order valence-electron chi connectivity index (χ2n) is 4.74. The van der Waals surface area contributed by atoms with Crippen LogP contribution >= 0.6 is 0 Å². The molecule has 0 saturated carbocycles. The molecule has 0 unspecified atom stereocenters. The second-order valence-corrected chi connectivity index (χ2v) is 4.74. The first kappa shape index (κ1) is 17.8. The number of rotatable bonds is 7. The number of aliphatic hydroxyl groups excluding tert-OH is 4. The van der Waals surface area contributed by atoms with Crippen LogP contribution in [-0.2, 0) is 14.3 Å². The van der Waals surface area contributed by atoms with Crippen LogP contribution in [0.25, 0.3) is 0 Å². The molecule has 0 aromatic rings. The third-order valence-electron chi connectivity index (χ3n) is 3.20. The number of hydrogen-bond donors (Lipinski definition) is 7. The van der Waals surface area contributed by atoms with E-state index in [1.54, 1.807) is 0 Å². The van der Waals surface area contributed by atoms with Gasteiger partial charge in [0.1, 0.15) is 36.7 Å². The largest absolute Gasteiger partial charge is 0.481 e. The Hall–Kier alpha value is -1.30. The van der Waals surface area contributed by atoms with Crippen LogP contribution in [0.1, 0.15) is 12.8 Å². The minimum atomic E-state index is -1.64. The summed E-state index contributed by atoms with van der Waals surface area (Å²) in [4.78, 5) is 21.5. The molecule has 1 heterocycles. The van der Waals surface area contributed by atoms with Crippen molar-refractivity contribution >= 4 is 11.9 Å². The quantitative estimate of drug-likeness (QED) is 0.252. The topological polar surface area (TPSA) is 177 Å². The average Bonchev–Trinajstić information content (AvgIpc) is 2.42. The molecule has 1 aliphatic rings. The van der Waals surface area contributed by atoms with Crippen molar-refractivity contribution < 1.29 is 45.0 Å². The summed E-state index contributed by atoms with van der Waals surface area (Å²) in [6.07, 6.45) is -8.03.